The van der Waals surface area contributed by atoms with Gasteiger partial charge in [-0.25, -0.2) is 8.42 Å². The van der Waals surface area contributed by atoms with E-state index in [4.69, 9.17) is 4.74 Å². The van der Waals surface area contributed by atoms with Gasteiger partial charge in [-0.3, -0.25) is 13.9 Å². The van der Waals surface area contributed by atoms with Crippen LogP contribution < -0.4 is 4.31 Å². The Morgan fingerprint density at radius 2 is 1.90 bits per heavy atom. The van der Waals surface area contributed by atoms with Gasteiger partial charge in [0.1, 0.15) is 0 Å². The van der Waals surface area contributed by atoms with Gasteiger partial charge in [-0.1, -0.05) is 31.2 Å². The summed E-state index contributed by atoms with van der Waals surface area (Å²) >= 11 is 0. The number of carbonyl (C=O) groups is 2. The molecule has 1 atom stereocenters. The van der Waals surface area contributed by atoms with E-state index in [-0.39, 0.29) is 22.9 Å². The largest absolute Gasteiger partial charge is 0.469 e. The molecule has 0 N–H and O–H groups in total. The van der Waals surface area contributed by atoms with E-state index < -0.39 is 21.9 Å². The third-order valence-electron chi connectivity index (χ3n) is 5.28. The number of anilines is 1. The number of nitrogens with zero attached hydrogens (tertiary/aromatic N) is 2. The first-order valence-electron chi connectivity index (χ1n) is 9.87. The molecule has 3 rings (SSSR count). The molecule has 0 aliphatic carbocycles. The Balaban J connectivity index is 1.87. The van der Waals surface area contributed by atoms with Crippen molar-refractivity contribution in [2.75, 3.05) is 31.0 Å². The molecule has 1 amide bonds. The van der Waals surface area contributed by atoms with Gasteiger partial charge in [-0.05, 0) is 43.2 Å². The van der Waals surface area contributed by atoms with Crippen molar-refractivity contribution in [3.8, 4) is 0 Å². The lowest BCUT2D eigenvalue weighted by Gasteiger charge is -2.24. The van der Waals surface area contributed by atoms with Crippen molar-refractivity contribution >= 4 is 27.6 Å². The highest BCUT2D eigenvalue weighted by Crippen LogP contribution is 2.32. The monoisotopic (exact) mass is 430 g/mol. The van der Waals surface area contributed by atoms with E-state index in [0.717, 1.165) is 5.56 Å². The van der Waals surface area contributed by atoms with E-state index in [0.29, 0.717) is 25.2 Å². The third-order valence-corrected chi connectivity index (χ3v) is 7.09. The average molecular weight is 431 g/mol. The summed E-state index contributed by atoms with van der Waals surface area (Å²) < 4.78 is 32.6. The second-order valence-corrected chi connectivity index (χ2v) is 9.11. The highest BCUT2D eigenvalue weighted by Gasteiger charge is 2.31. The lowest BCUT2D eigenvalue weighted by Crippen LogP contribution is -2.37. The van der Waals surface area contributed by atoms with Crippen molar-refractivity contribution in [1.29, 1.82) is 0 Å². The molecule has 0 fully saturated rings. The number of sulfonamides is 1. The van der Waals surface area contributed by atoms with Gasteiger partial charge in [0.25, 0.3) is 15.9 Å². The van der Waals surface area contributed by atoms with Crippen LogP contribution in [0.3, 0.4) is 0 Å². The smallest absolute Gasteiger partial charge is 0.310 e. The summed E-state index contributed by atoms with van der Waals surface area (Å²) in [7, 11) is -2.49. The summed E-state index contributed by atoms with van der Waals surface area (Å²) in [5.74, 6) is -1.20. The van der Waals surface area contributed by atoms with Crippen LogP contribution >= 0.6 is 0 Å². The molecule has 0 spiro atoms. The number of rotatable bonds is 7. The maximum absolute atomic E-state index is 13.3. The van der Waals surface area contributed by atoms with Crippen molar-refractivity contribution in [1.82, 2.24) is 4.90 Å². The second kappa shape index (κ2) is 8.87. The van der Waals surface area contributed by atoms with Gasteiger partial charge >= 0.3 is 5.97 Å². The first kappa shape index (κ1) is 21.8. The van der Waals surface area contributed by atoms with Gasteiger partial charge in [0.2, 0.25) is 0 Å². The van der Waals surface area contributed by atoms with E-state index in [1.54, 1.807) is 25.1 Å². The van der Waals surface area contributed by atoms with E-state index in [2.05, 4.69) is 0 Å². The van der Waals surface area contributed by atoms with Gasteiger partial charge in [0, 0.05) is 25.2 Å². The SMILES string of the molecule is CCN(CC(C)C(=O)OC)C(=O)c1cccc(S(=O)(=O)N2CCc3ccccc32)c1. The molecule has 2 aromatic carbocycles. The van der Waals surface area contributed by atoms with Crippen LogP contribution in [-0.2, 0) is 26.0 Å². The molecule has 0 bridgehead atoms. The molecule has 0 saturated carbocycles. The average Bonchev–Trinajstić information content (AvgIpc) is 3.21. The van der Waals surface area contributed by atoms with E-state index in [1.165, 1.54) is 28.4 Å². The van der Waals surface area contributed by atoms with Crippen LogP contribution in [0.1, 0.15) is 29.8 Å². The van der Waals surface area contributed by atoms with Crippen LogP contribution in [-0.4, -0.2) is 51.9 Å². The van der Waals surface area contributed by atoms with Crippen LogP contribution in [0.5, 0.6) is 0 Å². The first-order valence-corrected chi connectivity index (χ1v) is 11.3. The van der Waals surface area contributed by atoms with Crippen molar-refractivity contribution in [3.63, 3.8) is 0 Å². The van der Waals surface area contributed by atoms with Crippen molar-refractivity contribution in [2.45, 2.75) is 25.2 Å². The number of benzene rings is 2. The van der Waals surface area contributed by atoms with Gasteiger partial charge < -0.3 is 9.64 Å². The zero-order valence-electron chi connectivity index (χ0n) is 17.4. The molecule has 0 saturated heterocycles. The standard InChI is InChI=1S/C22H26N2O5S/c1-4-23(15-16(2)22(26)29-3)21(25)18-9-7-10-19(14-18)30(27,28)24-13-12-17-8-5-6-11-20(17)24/h5-11,14,16H,4,12-13,15H2,1-3H3. The Kier molecular flexibility index (Phi) is 6.45. The van der Waals surface area contributed by atoms with Gasteiger partial charge in [-0.2, -0.15) is 0 Å². The van der Waals surface area contributed by atoms with Gasteiger partial charge in [0.15, 0.2) is 0 Å². The third kappa shape index (κ3) is 4.18. The Morgan fingerprint density at radius 3 is 2.60 bits per heavy atom. The van der Waals surface area contributed by atoms with Gasteiger partial charge in [-0.15, -0.1) is 0 Å². The number of ether oxygens (including phenoxy) is 1. The molecule has 160 valence electrons. The molecular weight excluding hydrogens is 404 g/mol. The van der Waals surface area contributed by atoms with Gasteiger partial charge in [0.05, 0.1) is 23.6 Å². The highest BCUT2D eigenvalue weighted by atomic mass is 32.2. The number of hydrogen-bond acceptors (Lipinski definition) is 5. The number of fused-ring (bicyclic) bond motifs is 1. The zero-order valence-corrected chi connectivity index (χ0v) is 18.2. The van der Waals surface area contributed by atoms with Crippen LogP contribution in [0, 0.1) is 5.92 Å². The molecule has 1 heterocycles. The minimum absolute atomic E-state index is 0.0714. The molecule has 1 aliphatic heterocycles. The van der Waals surface area contributed by atoms with E-state index in [1.807, 2.05) is 25.1 Å². The molecule has 0 radical (unpaired) electrons. The maximum Gasteiger partial charge on any atom is 0.310 e. The molecule has 8 heteroatoms. The Bertz CT molecular complexity index is 1050. The first-order chi connectivity index (χ1) is 14.3. The topological polar surface area (TPSA) is 84.0 Å². The molecule has 0 aromatic heterocycles. The molecule has 7 nitrogen and oxygen atoms in total. The maximum atomic E-state index is 13.3. The van der Waals surface area contributed by atoms with E-state index >= 15 is 0 Å². The Morgan fingerprint density at radius 1 is 1.17 bits per heavy atom. The number of esters is 1. The predicted octanol–water partition coefficient (Wildman–Crippen LogP) is 2.71. The lowest BCUT2D eigenvalue weighted by molar-refractivity contribution is -0.145. The fraction of sp³-hybridized carbons (Fsp3) is 0.364. The van der Waals surface area contributed by atoms with Crippen LogP contribution in [0.2, 0.25) is 0 Å². The molecule has 1 aliphatic rings. The minimum Gasteiger partial charge on any atom is -0.469 e. The van der Waals surface area contributed by atoms with Crippen molar-refractivity contribution < 1.29 is 22.7 Å². The van der Waals surface area contributed by atoms with Crippen molar-refractivity contribution in [2.24, 2.45) is 5.92 Å². The summed E-state index contributed by atoms with van der Waals surface area (Å²) in [4.78, 5) is 26.3. The quantitative estimate of drug-likeness (QED) is 0.631. The normalized spacial score (nSPS) is 14.2. The van der Waals surface area contributed by atoms with Crippen LogP contribution in [0.25, 0.3) is 0 Å². The highest BCUT2D eigenvalue weighted by molar-refractivity contribution is 7.92. The van der Waals surface area contributed by atoms with Crippen LogP contribution in [0.4, 0.5) is 5.69 Å². The number of methoxy groups -OCH3 is 1. The number of hydrogen-bond donors (Lipinski definition) is 0. The summed E-state index contributed by atoms with van der Waals surface area (Å²) in [6, 6.07) is 13.5. The van der Waals surface area contributed by atoms with Crippen LogP contribution in [0.15, 0.2) is 53.4 Å². The Hall–Kier alpha value is -2.87. The van der Waals surface area contributed by atoms with Crippen molar-refractivity contribution in [3.05, 3.63) is 59.7 Å². The summed E-state index contributed by atoms with van der Waals surface area (Å²) in [5, 5.41) is 0. The fourth-order valence-corrected chi connectivity index (χ4v) is 5.17. The number of amides is 1. The predicted molar refractivity (Wildman–Crippen MR) is 114 cm³/mol. The van der Waals surface area contributed by atoms with E-state index in [9.17, 15) is 18.0 Å². The molecular formula is C22H26N2O5S. The molecule has 30 heavy (non-hydrogen) atoms. The number of carbonyl (C=O) groups excluding carboxylic acids is 2. The summed E-state index contributed by atoms with van der Waals surface area (Å²) in [6.45, 7) is 4.45. The second-order valence-electron chi connectivity index (χ2n) is 7.25. The summed E-state index contributed by atoms with van der Waals surface area (Å²) in [5.41, 5.74) is 1.93. The Labute approximate surface area is 177 Å². The molecule has 1 unspecified atom stereocenters. The lowest BCUT2D eigenvalue weighted by atomic mass is 10.1. The zero-order chi connectivity index (χ0) is 21.9. The summed E-state index contributed by atoms with van der Waals surface area (Å²) in [6.07, 6.45) is 0.656. The minimum atomic E-state index is -3.79. The number of para-hydroxylation sites is 1. The fourth-order valence-electron chi connectivity index (χ4n) is 3.62. The molecule has 2 aromatic rings.